The minimum absolute atomic E-state index is 0.0105. The van der Waals surface area contributed by atoms with Crippen LogP contribution in [0.1, 0.15) is 37.4 Å². The summed E-state index contributed by atoms with van der Waals surface area (Å²) in [5.74, 6) is 1.20. The van der Waals surface area contributed by atoms with Gasteiger partial charge >= 0.3 is 0 Å². The standard InChI is InChI=1S/C29H34N10O3S/c1-19-5-4-8-36(14-19)17-23-10-27(43-35-23)34-28-29-31-13-25(38(29)15-20(2)33-28)22-12-32-37(16-22)18-26(40)30-11-21-6-3-7-24(9-21)39(41)42/h3,6-7,9,12-13,15-16,19,27H,4-5,8,10-11,14,17-18H2,1-2H3,(H,30,40)(H,33,34). The first-order valence-corrected chi connectivity index (χ1v) is 15.2. The Hall–Kier alpha value is -4.30. The second-order valence-corrected chi connectivity index (χ2v) is 12.2. The second kappa shape index (κ2) is 12.5. The Morgan fingerprint density at radius 1 is 1.26 bits per heavy atom. The van der Waals surface area contributed by atoms with E-state index >= 15 is 0 Å². The number of piperidine rings is 1. The molecule has 5 heterocycles. The fraction of sp³-hybridized carbons (Fsp3) is 0.414. The number of hydrogen-bond donors (Lipinski definition) is 2. The summed E-state index contributed by atoms with van der Waals surface area (Å²) in [4.78, 5) is 35.0. The van der Waals surface area contributed by atoms with Gasteiger partial charge in [0.15, 0.2) is 11.5 Å². The maximum absolute atomic E-state index is 12.6. The van der Waals surface area contributed by atoms with Crippen molar-refractivity contribution in [3.63, 3.8) is 0 Å². The van der Waals surface area contributed by atoms with Gasteiger partial charge in [0.1, 0.15) is 11.9 Å². The molecule has 2 atom stereocenters. The van der Waals surface area contributed by atoms with Crippen LogP contribution in [0.2, 0.25) is 0 Å². The van der Waals surface area contributed by atoms with Gasteiger partial charge in [-0.2, -0.15) is 5.10 Å². The molecule has 43 heavy (non-hydrogen) atoms. The van der Waals surface area contributed by atoms with Gasteiger partial charge in [-0.15, -0.1) is 0 Å². The Balaban J connectivity index is 1.09. The number of benzene rings is 1. The summed E-state index contributed by atoms with van der Waals surface area (Å²) >= 11 is 1.56. The van der Waals surface area contributed by atoms with Gasteiger partial charge in [0.2, 0.25) is 5.91 Å². The molecule has 2 aliphatic rings. The molecule has 1 aromatic carbocycles. The largest absolute Gasteiger partial charge is 0.353 e. The van der Waals surface area contributed by atoms with Crippen LogP contribution in [0, 0.1) is 23.0 Å². The third kappa shape index (κ3) is 6.86. The summed E-state index contributed by atoms with van der Waals surface area (Å²) in [7, 11) is 0. The number of fused-ring (bicyclic) bond motifs is 1. The van der Waals surface area contributed by atoms with Gasteiger partial charge in [-0.1, -0.05) is 19.1 Å². The van der Waals surface area contributed by atoms with E-state index in [1.54, 1.807) is 47.4 Å². The second-order valence-electron chi connectivity index (χ2n) is 11.3. The zero-order valence-corrected chi connectivity index (χ0v) is 25.0. The van der Waals surface area contributed by atoms with Crippen LogP contribution in [-0.2, 0) is 17.9 Å². The molecule has 0 radical (unpaired) electrons. The highest BCUT2D eigenvalue weighted by molar-refractivity contribution is 7.99. The van der Waals surface area contributed by atoms with Crippen LogP contribution in [0.15, 0.2) is 53.5 Å². The molecule has 1 fully saturated rings. The van der Waals surface area contributed by atoms with E-state index in [9.17, 15) is 14.9 Å². The van der Waals surface area contributed by atoms with E-state index in [0.29, 0.717) is 17.0 Å². The summed E-state index contributed by atoms with van der Waals surface area (Å²) < 4.78 is 8.31. The van der Waals surface area contributed by atoms with E-state index in [1.807, 2.05) is 17.5 Å². The van der Waals surface area contributed by atoms with Crippen LogP contribution in [0.25, 0.3) is 16.9 Å². The minimum Gasteiger partial charge on any atom is -0.353 e. The summed E-state index contributed by atoms with van der Waals surface area (Å²) in [5, 5.41) is 21.8. The number of nitro groups is 1. The van der Waals surface area contributed by atoms with Gasteiger partial charge in [-0.25, -0.2) is 14.4 Å². The van der Waals surface area contributed by atoms with Crippen molar-refractivity contribution < 1.29 is 9.72 Å². The molecule has 224 valence electrons. The van der Waals surface area contributed by atoms with E-state index < -0.39 is 4.92 Å². The lowest BCUT2D eigenvalue weighted by molar-refractivity contribution is -0.384. The van der Waals surface area contributed by atoms with Crippen molar-refractivity contribution in [2.45, 2.75) is 51.6 Å². The maximum atomic E-state index is 12.6. The smallest absolute Gasteiger partial charge is 0.269 e. The first-order chi connectivity index (χ1) is 20.8. The van der Waals surface area contributed by atoms with Crippen molar-refractivity contribution in [3.05, 3.63) is 70.4 Å². The highest BCUT2D eigenvalue weighted by Gasteiger charge is 2.25. The molecule has 4 aromatic rings. The Labute approximate surface area is 253 Å². The number of carbonyl (C=O) groups excluding carboxylic acids is 1. The number of nitro benzene ring substituents is 1. The minimum atomic E-state index is -0.456. The van der Waals surface area contributed by atoms with Crippen molar-refractivity contribution in [3.8, 4) is 11.3 Å². The first-order valence-electron chi connectivity index (χ1n) is 14.4. The van der Waals surface area contributed by atoms with Gasteiger partial charge in [-0.3, -0.25) is 28.9 Å². The first kappa shape index (κ1) is 28.8. The van der Waals surface area contributed by atoms with Crippen molar-refractivity contribution in [1.29, 1.82) is 0 Å². The number of likely N-dealkylation sites (tertiary alicyclic amines) is 1. The molecular formula is C29H34N10O3S. The van der Waals surface area contributed by atoms with Crippen molar-refractivity contribution >= 4 is 40.7 Å². The Morgan fingerprint density at radius 2 is 2.14 bits per heavy atom. The lowest BCUT2D eigenvalue weighted by atomic mass is 10.00. The summed E-state index contributed by atoms with van der Waals surface area (Å²) in [6, 6.07) is 6.20. The third-order valence-electron chi connectivity index (χ3n) is 7.63. The van der Waals surface area contributed by atoms with Gasteiger partial charge in [0.25, 0.3) is 5.69 Å². The molecule has 1 amide bonds. The molecule has 1 saturated heterocycles. The predicted octanol–water partition coefficient (Wildman–Crippen LogP) is 4.09. The molecule has 0 aliphatic carbocycles. The Bertz CT molecular complexity index is 1680. The molecule has 3 aromatic heterocycles. The zero-order valence-electron chi connectivity index (χ0n) is 24.1. The Morgan fingerprint density at radius 3 is 2.98 bits per heavy atom. The number of amides is 1. The maximum Gasteiger partial charge on any atom is 0.269 e. The highest BCUT2D eigenvalue weighted by Crippen LogP contribution is 2.30. The van der Waals surface area contributed by atoms with Crippen LogP contribution in [-0.4, -0.2) is 70.6 Å². The SMILES string of the molecule is Cc1cn2c(-c3cnn(CC(=O)NCc4cccc([N+](=O)[O-])c4)c3)cnc2c(NC2CC(CN3CCCC(C)C3)=NS2)n1. The van der Waals surface area contributed by atoms with Crippen LogP contribution in [0.4, 0.5) is 11.5 Å². The lowest BCUT2D eigenvalue weighted by Crippen LogP contribution is -2.38. The third-order valence-corrected chi connectivity index (χ3v) is 8.54. The van der Waals surface area contributed by atoms with Crippen LogP contribution >= 0.6 is 11.9 Å². The average molecular weight is 603 g/mol. The van der Waals surface area contributed by atoms with E-state index in [0.717, 1.165) is 48.9 Å². The lowest BCUT2D eigenvalue weighted by Gasteiger charge is -2.30. The molecule has 2 unspecified atom stereocenters. The number of nitrogens with zero attached hydrogens (tertiary/aromatic N) is 8. The molecule has 0 bridgehead atoms. The van der Waals surface area contributed by atoms with E-state index in [1.165, 1.54) is 30.7 Å². The number of aromatic nitrogens is 5. The molecule has 6 rings (SSSR count). The highest BCUT2D eigenvalue weighted by atomic mass is 32.2. The van der Waals surface area contributed by atoms with Crippen LogP contribution < -0.4 is 10.6 Å². The van der Waals surface area contributed by atoms with E-state index in [4.69, 9.17) is 9.38 Å². The average Bonchev–Trinajstić information content (AvgIpc) is 3.72. The van der Waals surface area contributed by atoms with E-state index in [2.05, 4.69) is 32.5 Å². The van der Waals surface area contributed by atoms with Gasteiger partial charge in [-0.05, 0) is 49.7 Å². The van der Waals surface area contributed by atoms with Gasteiger partial charge in [0.05, 0.1) is 28.7 Å². The molecule has 2 aliphatic heterocycles. The molecule has 13 nitrogen and oxygen atoms in total. The number of aryl methyl sites for hydroxylation is 1. The van der Waals surface area contributed by atoms with Crippen LogP contribution in [0.5, 0.6) is 0 Å². The predicted molar refractivity (Wildman–Crippen MR) is 166 cm³/mol. The van der Waals surface area contributed by atoms with Gasteiger partial charge in [0, 0.05) is 61.9 Å². The number of imidazole rings is 1. The summed E-state index contributed by atoms with van der Waals surface area (Å²) in [6.07, 6.45) is 10.7. The summed E-state index contributed by atoms with van der Waals surface area (Å²) in [5.41, 5.74) is 5.05. The van der Waals surface area contributed by atoms with Crippen LogP contribution in [0.3, 0.4) is 0 Å². The topological polar surface area (TPSA) is 148 Å². The number of anilines is 1. The number of carbonyl (C=O) groups is 1. The van der Waals surface area contributed by atoms with E-state index in [-0.39, 0.29) is 30.1 Å². The molecule has 2 N–H and O–H groups in total. The number of hydrogen-bond acceptors (Lipinski definition) is 10. The molecule has 0 spiro atoms. The normalized spacial score (nSPS) is 19.0. The number of non-ortho nitro benzene ring substituents is 1. The monoisotopic (exact) mass is 602 g/mol. The number of nitrogens with one attached hydrogen (secondary N) is 2. The fourth-order valence-electron chi connectivity index (χ4n) is 5.62. The van der Waals surface area contributed by atoms with Gasteiger partial charge < -0.3 is 10.6 Å². The number of rotatable bonds is 10. The van der Waals surface area contributed by atoms with Crippen molar-refractivity contribution in [2.24, 2.45) is 10.3 Å². The zero-order chi connectivity index (χ0) is 29.9. The summed E-state index contributed by atoms with van der Waals surface area (Å²) in [6.45, 7) is 7.68. The molecular weight excluding hydrogens is 568 g/mol. The molecule has 0 saturated carbocycles. The fourth-order valence-corrected chi connectivity index (χ4v) is 6.46. The quantitative estimate of drug-likeness (QED) is 0.156. The van der Waals surface area contributed by atoms with Crippen molar-refractivity contribution in [2.75, 3.05) is 25.0 Å². The Kier molecular flexibility index (Phi) is 8.38. The van der Waals surface area contributed by atoms with Crippen molar-refractivity contribution in [1.82, 2.24) is 34.4 Å². The molecule has 14 heteroatoms.